The maximum absolute atomic E-state index is 13.6. The summed E-state index contributed by atoms with van der Waals surface area (Å²) in [6.07, 6.45) is 2.51. The summed E-state index contributed by atoms with van der Waals surface area (Å²) in [7, 11) is 0. The van der Waals surface area contributed by atoms with E-state index in [0.29, 0.717) is 16.6 Å². The van der Waals surface area contributed by atoms with Crippen molar-refractivity contribution in [2.75, 3.05) is 13.1 Å². The first-order valence-corrected chi connectivity index (χ1v) is 7.77. The van der Waals surface area contributed by atoms with Crippen molar-refractivity contribution in [3.63, 3.8) is 0 Å². The van der Waals surface area contributed by atoms with E-state index in [2.05, 4.69) is 40.0 Å². The molecule has 0 radical (unpaired) electrons. The van der Waals surface area contributed by atoms with Crippen molar-refractivity contribution in [3.05, 3.63) is 34.1 Å². The summed E-state index contributed by atoms with van der Waals surface area (Å²) in [5, 5.41) is 3.53. The van der Waals surface area contributed by atoms with E-state index < -0.39 is 0 Å². The van der Waals surface area contributed by atoms with Gasteiger partial charge < -0.3 is 5.32 Å². The van der Waals surface area contributed by atoms with Gasteiger partial charge in [0.05, 0.1) is 4.47 Å². The Balaban J connectivity index is 2.05. The standard InChI is InChI=1S/C15H22BrFN2/c1-11(2)19(10-13-6-4-8-18-13)9-12-5-3-7-14(17)15(12)16/h3,5,7,11,13,18H,4,6,8-10H2,1-2H3. The predicted molar refractivity (Wildman–Crippen MR) is 80.7 cm³/mol. The molecule has 1 N–H and O–H groups in total. The fraction of sp³-hybridized carbons (Fsp3) is 0.600. The number of hydrogen-bond donors (Lipinski definition) is 1. The van der Waals surface area contributed by atoms with Crippen molar-refractivity contribution in [1.29, 1.82) is 0 Å². The summed E-state index contributed by atoms with van der Waals surface area (Å²) in [5.41, 5.74) is 1.02. The van der Waals surface area contributed by atoms with Gasteiger partial charge in [-0.1, -0.05) is 12.1 Å². The summed E-state index contributed by atoms with van der Waals surface area (Å²) in [5.74, 6) is -0.180. The zero-order valence-electron chi connectivity index (χ0n) is 11.6. The van der Waals surface area contributed by atoms with Crippen molar-refractivity contribution in [1.82, 2.24) is 10.2 Å². The Kier molecular flexibility index (Phi) is 5.37. The molecule has 4 heteroatoms. The average Bonchev–Trinajstić information content (AvgIpc) is 2.86. The molecule has 1 heterocycles. The van der Waals surface area contributed by atoms with Gasteiger partial charge in [0.15, 0.2) is 0 Å². The van der Waals surface area contributed by atoms with Crippen LogP contribution in [0.1, 0.15) is 32.3 Å². The molecule has 0 spiro atoms. The Hall–Kier alpha value is -0.450. The molecule has 1 unspecified atom stereocenters. The van der Waals surface area contributed by atoms with Crippen LogP contribution in [0.4, 0.5) is 4.39 Å². The minimum absolute atomic E-state index is 0.180. The molecule has 0 aliphatic carbocycles. The summed E-state index contributed by atoms with van der Waals surface area (Å²) in [6.45, 7) is 7.33. The van der Waals surface area contributed by atoms with E-state index in [9.17, 15) is 4.39 Å². The van der Waals surface area contributed by atoms with Gasteiger partial charge in [-0.2, -0.15) is 0 Å². The lowest BCUT2D eigenvalue weighted by atomic mass is 10.1. The van der Waals surface area contributed by atoms with Crippen LogP contribution in [0, 0.1) is 5.82 Å². The Labute approximate surface area is 123 Å². The summed E-state index contributed by atoms with van der Waals surface area (Å²) in [4.78, 5) is 2.41. The number of nitrogens with zero attached hydrogens (tertiary/aromatic N) is 1. The highest BCUT2D eigenvalue weighted by atomic mass is 79.9. The third kappa shape index (κ3) is 4.01. The molecule has 1 fully saturated rings. The van der Waals surface area contributed by atoms with Crippen LogP contribution in [-0.4, -0.2) is 30.1 Å². The fourth-order valence-electron chi connectivity index (χ4n) is 2.54. The second kappa shape index (κ2) is 6.82. The zero-order valence-corrected chi connectivity index (χ0v) is 13.2. The van der Waals surface area contributed by atoms with Gasteiger partial charge in [0.2, 0.25) is 0 Å². The van der Waals surface area contributed by atoms with Crippen LogP contribution in [0.2, 0.25) is 0 Å². The Bertz CT molecular complexity index is 417. The number of nitrogens with one attached hydrogen (secondary N) is 1. The molecule has 1 saturated heterocycles. The summed E-state index contributed by atoms with van der Waals surface area (Å²) in [6, 6.07) is 6.30. The number of halogens is 2. The van der Waals surface area contributed by atoms with Gasteiger partial charge in [-0.05, 0) is 60.8 Å². The maximum Gasteiger partial charge on any atom is 0.137 e. The molecule has 1 aliphatic heterocycles. The van der Waals surface area contributed by atoms with Gasteiger partial charge in [0.25, 0.3) is 0 Å². The first-order chi connectivity index (χ1) is 9.08. The smallest absolute Gasteiger partial charge is 0.137 e. The summed E-state index contributed by atoms with van der Waals surface area (Å²) < 4.78 is 14.2. The van der Waals surface area contributed by atoms with Crippen molar-refractivity contribution >= 4 is 15.9 Å². The SMILES string of the molecule is CC(C)N(Cc1cccc(F)c1Br)CC1CCCN1. The third-order valence-electron chi connectivity index (χ3n) is 3.75. The number of hydrogen-bond acceptors (Lipinski definition) is 2. The number of benzene rings is 1. The zero-order chi connectivity index (χ0) is 13.8. The van der Waals surface area contributed by atoms with Crippen LogP contribution in [0.25, 0.3) is 0 Å². The van der Waals surface area contributed by atoms with Crippen LogP contribution >= 0.6 is 15.9 Å². The van der Waals surface area contributed by atoms with E-state index in [-0.39, 0.29) is 5.82 Å². The van der Waals surface area contributed by atoms with Gasteiger partial charge in [0, 0.05) is 25.2 Å². The van der Waals surface area contributed by atoms with E-state index >= 15 is 0 Å². The number of rotatable bonds is 5. The van der Waals surface area contributed by atoms with Crippen molar-refractivity contribution < 1.29 is 4.39 Å². The van der Waals surface area contributed by atoms with Crippen molar-refractivity contribution in [2.24, 2.45) is 0 Å². The minimum Gasteiger partial charge on any atom is -0.313 e. The largest absolute Gasteiger partial charge is 0.313 e. The monoisotopic (exact) mass is 328 g/mol. The fourth-order valence-corrected chi connectivity index (χ4v) is 2.93. The van der Waals surface area contributed by atoms with Gasteiger partial charge in [-0.3, -0.25) is 4.90 Å². The molecule has 0 aromatic heterocycles. The Morgan fingerprint density at radius 2 is 2.26 bits per heavy atom. The highest BCUT2D eigenvalue weighted by Gasteiger charge is 2.20. The average molecular weight is 329 g/mol. The molecular formula is C15H22BrFN2. The molecule has 1 aliphatic rings. The Morgan fingerprint density at radius 1 is 1.47 bits per heavy atom. The second-order valence-corrected chi connectivity index (χ2v) is 6.32. The quantitative estimate of drug-likeness (QED) is 0.889. The third-order valence-corrected chi connectivity index (χ3v) is 4.64. The lowest BCUT2D eigenvalue weighted by molar-refractivity contribution is 0.193. The molecule has 1 aromatic carbocycles. The molecule has 0 bridgehead atoms. The van der Waals surface area contributed by atoms with Gasteiger partial charge in [-0.15, -0.1) is 0 Å². The van der Waals surface area contributed by atoms with Gasteiger partial charge in [0.1, 0.15) is 5.82 Å². The molecule has 0 amide bonds. The first-order valence-electron chi connectivity index (χ1n) is 6.98. The highest BCUT2D eigenvalue weighted by molar-refractivity contribution is 9.10. The van der Waals surface area contributed by atoms with Crippen LogP contribution in [0.5, 0.6) is 0 Å². The lowest BCUT2D eigenvalue weighted by Gasteiger charge is -2.29. The topological polar surface area (TPSA) is 15.3 Å². The van der Waals surface area contributed by atoms with Crippen LogP contribution < -0.4 is 5.32 Å². The Morgan fingerprint density at radius 3 is 2.89 bits per heavy atom. The van der Waals surface area contributed by atoms with E-state index in [1.54, 1.807) is 6.07 Å². The van der Waals surface area contributed by atoms with E-state index in [4.69, 9.17) is 0 Å². The van der Waals surface area contributed by atoms with Crippen LogP contribution in [-0.2, 0) is 6.54 Å². The van der Waals surface area contributed by atoms with Crippen molar-refractivity contribution in [3.8, 4) is 0 Å². The maximum atomic E-state index is 13.6. The van der Waals surface area contributed by atoms with E-state index in [1.807, 2.05) is 6.07 Å². The molecule has 0 saturated carbocycles. The highest BCUT2D eigenvalue weighted by Crippen LogP contribution is 2.23. The minimum atomic E-state index is -0.180. The van der Waals surface area contributed by atoms with Crippen molar-refractivity contribution in [2.45, 2.75) is 45.3 Å². The van der Waals surface area contributed by atoms with Crippen LogP contribution in [0.3, 0.4) is 0 Å². The molecular weight excluding hydrogens is 307 g/mol. The van der Waals surface area contributed by atoms with E-state index in [0.717, 1.165) is 25.2 Å². The lowest BCUT2D eigenvalue weighted by Crippen LogP contribution is -2.40. The van der Waals surface area contributed by atoms with Crippen LogP contribution in [0.15, 0.2) is 22.7 Å². The molecule has 19 heavy (non-hydrogen) atoms. The molecule has 1 aromatic rings. The molecule has 2 rings (SSSR count). The predicted octanol–water partition coefficient (Wildman–Crippen LogP) is 3.55. The normalized spacial score (nSPS) is 19.6. The molecule has 106 valence electrons. The second-order valence-electron chi connectivity index (χ2n) is 5.53. The van der Waals surface area contributed by atoms with Gasteiger partial charge in [-0.25, -0.2) is 4.39 Å². The summed E-state index contributed by atoms with van der Waals surface area (Å²) >= 11 is 3.35. The molecule has 2 nitrogen and oxygen atoms in total. The van der Waals surface area contributed by atoms with E-state index in [1.165, 1.54) is 18.9 Å². The molecule has 1 atom stereocenters. The first kappa shape index (κ1) is 14.9. The van der Waals surface area contributed by atoms with Gasteiger partial charge >= 0.3 is 0 Å².